The Kier molecular flexibility index (Phi) is 12.4. The largest absolute Gasteiger partial charge is 0.458 e. The molecule has 0 saturated carbocycles. The molecule has 4 aromatic heterocycles. The predicted molar refractivity (Wildman–Crippen MR) is 425 cm³/mol. The van der Waals surface area contributed by atoms with E-state index in [0.29, 0.717) is 0 Å². The van der Waals surface area contributed by atoms with Gasteiger partial charge >= 0.3 is 0 Å². The number of hydrogen-bond donors (Lipinski definition) is 0. The summed E-state index contributed by atoms with van der Waals surface area (Å²) in [6.07, 6.45) is 0. The van der Waals surface area contributed by atoms with Gasteiger partial charge in [0.2, 0.25) is 0 Å². The summed E-state index contributed by atoms with van der Waals surface area (Å²) in [6, 6.07) is 124. The minimum Gasteiger partial charge on any atom is -0.458 e. The van der Waals surface area contributed by atoms with E-state index in [1.54, 1.807) is 0 Å². The quantitative estimate of drug-likeness (QED) is 0.142. The summed E-state index contributed by atoms with van der Waals surface area (Å²) in [5.41, 5.74) is 27.8. The summed E-state index contributed by atoms with van der Waals surface area (Å²) < 4.78 is 17.8. The molecule has 2 aliphatic rings. The average Bonchev–Trinajstić information content (AvgIpc) is 0.970. The summed E-state index contributed by atoms with van der Waals surface area (Å²) in [4.78, 5) is 2.59. The molecule has 0 spiro atoms. The molecular formula is C94H64BN5O. The van der Waals surface area contributed by atoms with Crippen LogP contribution >= 0.6 is 0 Å². The van der Waals surface area contributed by atoms with Crippen molar-refractivity contribution in [3.8, 4) is 67.6 Å². The molecule has 15 aromatic carbocycles. The zero-order valence-electron chi connectivity index (χ0n) is 56.0. The van der Waals surface area contributed by atoms with Gasteiger partial charge in [-0.25, -0.2) is 0 Å². The second-order valence-electron chi connectivity index (χ2n) is 28.3. The number of benzene rings is 15. The Morgan fingerprint density at radius 1 is 0.257 bits per heavy atom. The monoisotopic (exact) mass is 1290 g/mol. The molecule has 0 atom stereocenters. The molecule has 0 radical (unpaired) electrons. The summed E-state index contributed by atoms with van der Waals surface area (Å²) >= 11 is 0. The van der Waals surface area contributed by atoms with Gasteiger partial charge < -0.3 is 27.9 Å². The molecule has 6 heterocycles. The van der Waals surface area contributed by atoms with Gasteiger partial charge in [-0.2, -0.15) is 0 Å². The van der Waals surface area contributed by atoms with Crippen molar-refractivity contribution >= 4 is 127 Å². The molecule has 0 N–H and O–H groups in total. The Bertz CT molecular complexity index is 6480. The van der Waals surface area contributed by atoms with Crippen LogP contribution in [0.15, 0.2) is 334 Å². The molecule has 6 nitrogen and oxygen atoms in total. The molecule has 2 aliphatic heterocycles. The van der Waals surface area contributed by atoms with Crippen LogP contribution in [0.25, 0.3) is 143 Å². The highest BCUT2D eigenvalue weighted by Crippen LogP contribution is 2.51. The fourth-order valence-electron chi connectivity index (χ4n) is 17.4. The standard InChI is InChI=1S/C94H64BN5O/c1-94(2,3)62-52-54-75-89(58-62)101-90-57-61(65-39-26-50-86(97-79-43-19-10-32-68(79)69-33-11-20-44-80(69)97)93(65)100-83-47-23-14-36-72(83)73-37-15-24-48-84(73)100)56-88-91(90)95(75)74-53-51-60(55-87(74)98(88)76-40-16-7-29-63(76)59-27-5-4-6-28-59)64-38-25-49-85(96-77-41-17-8-30-66(77)67-31-9-18-42-78(67)96)92(64)99-81-45-21-12-34-70(81)71-35-13-22-46-82(71)99/h4-58H,1-3H3. The molecule has 101 heavy (non-hydrogen) atoms. The van der Waals surface area contributed by atoms with Gasteiger partial charge in [-0.15, -0.1) is 0 Å². The predicted octanol–water partition coefficient (Wildman–Crippen LogP) is 22.8. The fraction of sp³-hybridized carbons (Fsp3) is 0.0426. The Balaban J connectivity index is 0.889. The smallest absolute Gasteiger partial charge is 0.256 e. The van der Waals surface area contributed by atoms with Gasteiger partial charge in [0.05, 0.1) is 72.6 Å². The summed E-state index contributed by atoms with van der Waals surface area (Å²) in [7, 11) is 0. The third kappa shape index (κ3) is 8.41. The first-order chi connectivity index (χ1) is 49.8. The number of hydrogen-bond acceptors (Lipinski definition) is 2. The molecule has 21 rings (SSSR count). The Morgan fingerprint density at radius 2 is 0.634 bits per heavy atom. The first kappa shape index (κ1) is 57.3. The number of aromatic nitrogens is 4. The third-order valence-corrected chi connectivity index (χ3v) is 21.8. The lowest BCUT2D eigenvalue weighted by atomic mass is 9.34. The minimum absolute atomic E-state index is 0.144. The maximum absolute atomic E-state index is 7.71. The topological polar surface area (TPSA) is 32.2 Å². The van der Waals surface area contributed by atoms with Crippen molar-refractivity contribution in [2.45, 2.75) is 26.2 Å². The molecule has 0 aliphatic carbocycles. The van der Waals surface area contributed by atoms with Crippen molar-refractivity contribution in [1.29, 1.82) is 0 Å². The SMILES string of the molecule is CC(C)(C)c1ccc2c(c1)Oc1cc(-c3cccc(-n4c5ccccc5c5ccccc54)c3-n3c4ccccc4c4ccccc43)cc3c1B2c1ccc(-c2cccc(-n4c5ccccc5c5ccccc54)c2-n2c4ccccc4c4ccccc42)cc1N3c1ccccc1-c1ccccc1. The Hall–Kier alpha value is -12.8. The highest BCUT2D eigenvalue weighted by atomic mass is 16.5. The normalized spacial score (nSPS) is 12.7. The first-order valence-corrected chi connectivity index (χ1v) is 35.1. The molecule has 0 amide bonds. The van der Waals surface area contributed by atoms with Crippen molar-refractivity contribution in [1.82, 2.24) is 18.3 Å². The fourth-order valence-corrected chi connectivity index (χ4v) is 17.4. The van der Waals surface area contributed by atoms with E-state index in [1.165, 1.54) is 54.1 Å². The number of anilines is 3. The van der Waals surface area contributed by atoms with E-state index in [0.717, 1.165) is 140 Å². The lowest BCUT2D eigenvalue weighted by Crippen LogP contribution is -2.59. The van der Waals surface area contributed by atoms with Crippen LogP contribution < -0.4 is 26.0 Å². The van der Waals surface area contributed by atoms with E-state index >= 15 is 0 Å². The second kappa shape index (κ2) is 21.8. The van der Waals surface area contributed by atoms with E-state index in [1.807, 2.05) is 0 Å². The number of fused-ring (bicyclic) bond motifs is 16. The molecule has 0 fully saturated rings. The summed E-state index contributed by atoms with van der Waals surface area (Å²) in [5, 5.41) is 9.65. The lowest BCUT2D eigenvalue weighted by molar-refractivity contribution is 0.483. The van der Waals surface area contributed by atoms with Crippen LogP contribution in [0.2, 0.25) is 0 Å². The second-order valence-corrected chi connectivity index (χ2v) is 28.3. The van der Waals surface area contributed by atoms with Crippen LogP contribution in [-0.2, 0) is 5.41 Å². The van der Waals surface area contributed by atoms with Crippen LogP contribution in [-0.4, -0.2) is 25.0 Å². The molecule has 0 saturated heterocycles. The van der Waals surface area contributed by atoms with Crippen LogP contribution in [0.3, 0.4) is 0 Å². The third-order valence-electron chi connectivity index (χ3n) is 21.8. The van der Waals surface area contributed by atoms with Gasteiger partial charge in [0.15, 0.2) is 0 Å². The highest BCUT2D eigenvalue weighted by Gasteiger charge is 2.44. The number of rotatable bonds is 8. The van der Waals surface area contributed by atoms with Crippen LogP contribution in [0.1, 0.15) is 26.3 Å². The Labute approximate surface area is 584 Å². The van der Waals surface area contributed by atoms with E-state index < -0.39 is 0 Å². The van der Waals surface area contributed by atoms with E-state index in [4.69, 9.17) is 4.74 Å². The summed E-state index contributed by atoms with van der Waals surface area (Å²) in [6.45, 7) is 6.68. The number of nitrogens with zero attached hydrogens (tertiary/aromatic N) is 5. The molecule has 19 aromatic rings. The van der Waals surface area contributed by atoms with Crippen LogP contribution in [0.5, 0.6) is 11.5 Å². The molecule has 474 valence electrons. The van der Waals surface area contributed by atoms with Crippen LogP contribution in [0.4, 0.5) is 17.1 Å². The van der Waals surface area contributed by atoms with Gasteiger partial charge in [0, 0.05) is 71.2 Å². The first-order valence-electron chi connectivity index (χ1n) is 35.1. The molecular weight excluding hydrogens is 1230 g/mol. The maximum atomic E-state index is 7.71. The number of para-hydroxylation sites is 11. The minimum atomic E-state index is -0.211. The lowest BCUT2D eigenvalue weighted by Gasteiger charge is -2.41. The van der Waals surface area contributed by atoms with E-state index in [-0.39, 0.29) is 12.1 Å². The molecule has 7 heteroatoms. The molecule has 0 bridgehead atoms. The van der Waals surface area contributed by atoms with Crippen molar-refractivity contribution in [2.75, 3.05) is 4.90 Å². The number of ether oxygens (including phenoxy) is 1. The van der Waals surface area contributed by atoms with E-state index in [9.17, 15) is 0 Å². The zero-order chi connectivity index (χ0) is 66.8. The summed E-state index contributed by atoms with van der Waals surface area (Å²) in [5.74, 6) is 1.71. The zero-order valence-corrected chi connectivity index (χ0v) is 56.0. The Morgan fingerprint density at radius 3 is 1.10 bits per heavy atom. The van der Waals surface area contributed by atoms with Crippen molar-refractivity contribution < 1.29 is 4.74 Å². The van der Waals surface area contributed by atoms with Crippen molar-refractivity contribution in [3.05, 3.63) is 339 Å². The van der Waals surface area contributed by atoms with Gasteiger partial charge in [-0.3, -0.25) is 0 Å². The average molecular weight is 1290 g/mol. The van der Waals surface area contributed by atoms with Crippen LogP contribution in [0, 0.1) is 0 Å². The maximum Gasteiger partial charge on any atom is 0.256 e. The van der Waals surface area contributed by atoms with E-state index in [2.05, 4.69) is 378 Å². The van der Waals surface area contributed by atoms with Gasteiger partial charge in [0.1, 0.15) is 11.5 Å². The van der Waals surface area contributed by atoms with Gasteiger partial charge in [-0.05, 0) is 135 Å². The molecule has 0 unspecified atom stereocenters. The van der Waals surface area contributed by atoms with Gasteiger partial charge in [0.25, 0.3) is 6.71 Å². The van der Waals surface area contributed by atoms with Crippen molar-refractivity contribution in [2.24, 2.45) is 0 Å². The highest BCUT2D eigenvalue weighted by molar-refractivity contribution is 6.99. The van der Waals surface area contributed by atoms with Crippen molar-refractivity contribution in [3.63, 3.8) is 0 Å². The van der Waals surface area contributed by atoms with Gasteiger partial charge in [-0.1, -0.05) is 263 Å².